The van der Waals surface area contributed by atoms with E-state index >= 15 is 0 Å². The number of likely N-dealkylation sites (N-methyl/N-ethyl adjacent to an activating group) is 1. The van der Waals surface area contributed by atoms with Crippen LogP contribution in [0.25, 0.3) is 0 Å². The number of benzene rings is 2. The van der Waals surface area contributed by atoms with Gasteiger partial charge in [-0.3, -0.25) is 4.90 Å². The molecule has 0 radical (unpaired) electrons. The van der Waals surface area contributed by atoms with Gasteiger partial charge in [0.25, 0.3) is 0 Å². The van der Waals surface area contributed by atoms with Gasteiger partial charge in [0.05, 0.1) is 31.0 Å². The van der Waals surface area contributed by atoms with Gasteiger partial charge in [0.15, 0.2) is 0 Å². The molecule has 0 saturated heterocycles. The number of carbonyl (C=O) groups excluding carboxylic acids is 2. The van der Waals surface area contributed by atoms with Crippen molar-refractivity contribution < 1.29 is 23.8 Å². The van der Waals surface area contributed by atoms with Gasteiger partial charge >= 0.3 is 12.0 Å². The molecule has 1 aliphatic rings. The first-order valence-electron chi connectivity index (χ1n) is 9.72. The van der Waals surface area contributed by atoms with Crippen molar-refractivity contribution in [3.63, 3.8) is 0 Å². The van der Waals surface area contributed by atoms with Gasteiger partial charge in [-0.05, 0) is 49.2 Å². The lowest BCUT2D eigenvalue weighted by Crippen LogP contribution is -2.48. The van der Waals surface area contributed by atoms with Gasteiger partial charge in [0, 0.05) is 7.05 Å². The van der Waals surface area contributed by atoms with Crippen LogP contribution in [0.5, 0.6) is 11.5 Å². The van der Waals surface area contributed by atoms with Crippen molar-refractivity contribution in [2.45, 2.75) is 19.9 Å². The summed E-state index contributed by atoms with van der Waals surface area (Å²) in [6.07, 6.45) is 0. The largest absolute Gasteiger partial charge is 0.497 e. The highest BCUT2D eigenvalue weighted by Crippen LogP contribution is 2.32. The summed E-state index contributed by atoms with van der Waals surface area (Å²) in [4.78, 5) is 27.0. The van der Waals surface area contributed by atoms with Crippen LogP contribution in [-0.4, -0.2) is 44.3 Å². The molecule has 0 unspecified atom stereocenters. The molecule has 1 N–H and O–H groups in total. The molecule has 3 rings (SSSR count). The Balaban J connectivity index is 2.04. The van der Waals surface area contributed by atoms with E-state index in [0.29, 0.717) is 28.3 Å². The Labute approximate surface area is 176 Å². The van der Waals surface area contributed by atoms with Crippen molar-refractivity contribution in [2.24, 2.45) is 0 Å². The van der Waals surface area contributed by atoms with Crippen LogP contribution in [0.1, 0.15) is 24.1 Å². The second-order valence-electron chi connectivity index (χ2n) is 6.90. The molecule has 2 aromatic carbocycles. The minimum Gasteiger partial charge on any atom is -0.497 e. The Morgan fingerprint density at radius 2 is 1.87 bits per heavy atom. The maximum atomic E-state index is 12.9. The number of amides is 2. The fraction of sp³-hybridized carbons (Fsp3) is 0.304. The van der Waals surface area contributed by atoms with E-state index in [9.17, 15) is 9.59 Å². The minimum absolute atomic E-state index is 0.0436. The van der Waals surface area contributed by atoms with Gasteiger partial charge in [-0.25, -0.2) is 9.59 Å². The first-order valence-corrected chi connectivity index (χ1v) is 9.72. The number of nitrogens with zero attached hydrogens (tertiary/aromatic N) is 1. The van der Waals surface area contributed by atoms with Crippen LogP contribution in [0.4, 0.5) is 4.79 Å². The zero-order chi connectivity index (χ0) is 21.7. The standard InChI is InChI=1S/C23H26N2O5/c1-5-29-22(26)20-19(14-30-18-11-6-8-15(2)12-18)25(3)23(27)24-21(20)16-9-7-10-17(13-16)28-4/h6-13,21H,5,14H2,1-4H3,(H,24,27)/t21-/m0/s1. The van der Waals surface area contributed by atoms with Gasteiger partial charge in [-0.2, -0.15) is 0 Å². The minimum atomic E-state index is -0.682. The number of esters is 1. The summed E-state index contributed by atoms with van der Waals surface area (Å²) in [6.45, 7) is 3.97. The molecule has 7 nitrogen and oxygen atoms in total. The van der Waals surface area contributed by atoms with Crippen LogP contribution in [-0.2, 0) is 9.53 Å². The Hall–Kier alpha value is -3.48. The molecule has 0 aromatic heterocycles. The number of methoxy groups -OCH3 is 1. The summed E-state index contributed by atoms with van der Waals surface area (Å²) in [5.74, 6) is 0.782. The Morgan fingerprint density at radius 1 is 1.13 bits per heavy atom. The average molecular weight is 410 g/mol. The first-order chi connectivity index (χ1) is 14.4. The van der Waals surface area contributed by atoms with Gasteiger partial charge in [-0.1, -0.05) is 24.3 Å². The van der Waals surface area contributed by atoms with Crippen molar-refractivity contribution in [3.8, 4) is 11.5 Å². The summed E-state index contributed by atoms with van der Waals surface area (Å²) in [7, 11) is 3.17. The lowest BCUT2D eigenvalue weighted by Gasteiger charge is -2.34. The zero-order valence-corrected chi connectivity index (χ0v) is 17.6. The number of nitrogens with one attached hydrogen (secondary N) is 1. The van der Waals surface area contributed by atoms with Crippen molar-refractivity contribution in [2.75, 3.05) is 27.4 Å². The maximum Gasteiger partial charge on any atom is 0.338 e. The van der Waals surface area contributed by atoms with E-state index in [0.717, 1.165) is 5.56 Å². The van der Waals surface area contributed by atoms with Crippen molar-refractivity contribution >= 4 is 12.0 Å². The molecule has 2 amide bonds. The van der Waals surface area contributed by atoms with E-state index in [2.05, 4.69) is 5.32 Å². The summed E-state index contributed by atoms with van der Waals surface area (Å²) in [6, 6.07) is 13.8. The van der Waals surface area contributed by atoms with Crippen LogP contribution in [0.3, 0.4) is 0 Å². The van der Waals surface area contributed by atoms with Crippen LogP contribution < -0.4 is 14.8 Å². The van der Waals surface area contributed by atoms with Crippen LogP contribution in [0, 0.1) is 6.92 Å². The van der Waals surface area contributed by atoms with Crippen LogP contribution in [0.15, 0.2) is 59.8 Å². The molecule has 1 heterocycles. The first kappa shape index (κ1) is 21.2. The van der Waals surface area contributed by atoms with Crippen molar-refractivity contribution in [1.82, 2.24) is 10.2 Å². The Morgan fingerprint density at radius 3 is 2.57 bits per heavy atom. The van der Waals surface area contributed by atoms with E-state index in [1.165, 1.54) is 4.90 Å². The quantitative estimate of drug-likeness (QED) is 0.706. The number of urea groups is 1. The fourth-order valence-corrected chi connectivity index (χ4v) is 3.31. The Kier molecular flexibility index (Phi) is 6.61. The molecule has 1 aliphatic heterocycles. The summed E-state index contributed by atoms with van der Waals surface area (Å²) < 4.78 is 16.5. The third-order valence-corrected chi connectivity index (χ3v) is 4.86. The van der Waals surface area contributed by atoms with Crippen LogP contribution in [0.2, 0.25) is 0 Å². The lowest BCUT2D eigenvalue weighted by molar-refractivity contribution is -0.139. The number of aryl methyl sites for hydroxylation is 1. The third-order valence-electron chi connectivity index (χ3n) is 4.86. The second-order valence-corrected chi connectivity index (χ2v) is 6.90. The molecule has 0 aliphatic carbocycles. The number of ether oxygens (including phenoxy) is 3. The lowest BCUT2D eigenvalue weighted by atomic mass is 9.94. The number of rotatable bonds is 7. The zero-order valence-electron chi connectivity index (χ0n) is 17.6. The van der Waals surface area contributed by atoms with E-state index in [1.807, 2.05) is 43.3 Å². The fourth-order valence-electron chi connectivity index (χ4n) is 3.31. The van der Waals surface area contributed by atoms with Crippen molar-refractivity contribution in [3.05, 3.63) is 70.9 Å². The second kappa shape index (κ2) is 9.35. The van der Waals surface area contributed by atoms with Gasteiger partial charge in [-0.15, -0.1) is 0 Å². The number of hydrogen-bond acceptors (Lipinski definition) is 5. The normalized spacial score (nSPS) is 16.2. The number of carbonyl (C=O) groups is 2. The SMILES string of the molecule is CCOC(=O)C1=C(COc2cccc(C)c2)N(C)C(=O)N[C@H]1c1cccc(OC)c1. The molecule has 0 saturated carbocycles. The predicted molar refractivity (Wildman–Crippen MR) is 112 cm³/mol. The summed E-state index contributed by atoms with van der Waals surface area (Å²) in [5, 5.41) is 2.88. The molecule has 30 heavy (non-hydrogen) atoms. The van der Waals surface area contributed by atoms with Crippen LogP contribution >= 0.6 is 0 Å². The highest BCUT2D eigenvalue weighted by atomic mass is 16.5. The Bertz CT molecular complexity index is 970. The smallest absolute Gasteiger partial charge is 0.338 e. The van der Waals surface area contributed by atoms with Crippen molar-refractivity contribution in [1.29, 1.82) is 0 Å². The molecule has 0 bridgehead atoms. The highest BCUT2D eigenvalue weighted by molar-refractivity contribution is 5.95. The third kappa shape index (κ3) is 4.56. The summed E-state index contributed by atoms with van der Waals surface area (Å²) in [5.41, 5.74) is 2.55. The van der Waals surface area contributed by atoms with E-state index in [-0.39, 0.29) is 19.2 Å². The molecule has 158 valence electrons. The molecule has 0 spiro atoms. The molecule has 2 aromatic rings. The van der Waals surface area contributed by atoms with E-state index in [1.54, 1.807) is 33.2 Å². The number of hydrogen-bond donors (Lipinski definition) is 1. The predicted octanol–water partition coefficient (Wildman–Crippen LogP) is 3.60. The van der Waals surface area contributed by atoms with Gasteiger partial charge in [0.2, 0.25) is 0 Å². The molecular weight excluding hydrogens is 384 g/mol. The molecule has 7 heteroatoms. The average Bonchev–Trinajstić information content (AvgIpc) is 2.74. The molecular formula is C23H26N2O5. The monoisotopic (exact) mass is 410 g/mol. The van der Waals surface area contributed by atoms with E-state index < -0.39 is 12.0 Å². The van der Waals surface area contributed by atoms with Gasteiger partial charge in [0.1, 0.15) is 18.1 Å². The summed E-state index contributed by atoms with van der Waals surface area (Å²) >= 11 is 0. The topological polar surface area (TPSA) is 77.1 Å². The van der Waals surface area contributed by atoms with Gasteiger partial charge < -0.3 is 19.5 Å². The molecule has 0 fully saturated rings. The van der Waals surface area contributed by atoms with E-state index in [4.69, 9.17) is 14.2 Å². The molecule has 1 atom stereocenters. The highest BCUT2D eigenvalue weighted by Gasteiger charge is 2.37. The maximum absolute atomic E-state index is 12.9.